The summed E-state index contributed by atoms with van der Waals surface area (Å²) in [7, 11) is 2.62. The van der Waals surface area contributed by atoms with E-state index in [0.717, 1.165) is 22.5 Å². The van der Waals surface area contributed by atoms with Gasteiger partial charge in [0.05, 0.1) is 25.5 Å². The monoisotopic (exact) mass is 493 g/mol. The smallest absolute Gasteiger partial charge is 0.336 e. The Morgan fingerprint density at radius 1 is 1.06 bits per heavy atom. The number of aliphatic imine (C=N–C) groups is 1. The summed E-state index contributed by atoms with van der Waals surface area (Å²) in [5.74, 6) is -2.71. The summed E-state index contributed by atoms with van der Waals surface area (Å²) < 4.78 is 23.3. The number of halogens is 1. The van der Waals surface area contributed by atoms with Crippen molar-refractivity contribution in [3.05, 3.63) is 76.6 Å². The second kappa shape index (κ2) is 10.2. The summed E-state index contributed by atoms with van der Waals surface area (Å²) >= 11 is 1.41. The van der Waals surface area contributed by atoms with Crippen LogP contribution in [0.4, 0.5) is 15.2 Å². The number of allylic oxidation sites excluding steroid dienone is 1. The number of benzene rings is 2. The molecule has 2 unspecified atom stereocenters. The molecule has 2 aromatic carbocycles. The molecule has 0 saturated heterocycles. The minimum atomic E-state index is -0.766. The molecule has 0 aliphatic carbocycles. The highest BCUT2D eigenvalue weighted by Crippen LogP contribution is 2.41. The Labute approximate surface area is 206 Å². The second-order valence-corrected chi connectivity index (χ2v) is 8.88. The Bertz CT molecular complexity index is 1330. The number of rotatable bonds is 6. The van der Waals surface area contributed by atoms with Crippen molar-refractivity contribution in [2.24, 2.45) is 10.9 Å². The molecule has 0 spiro atoms. The lowest BCUT2D eigenvalue weighted by Gasteiger charge is -2.31. The van der Waals surface area contributed by atoms with Gasteiger partial charge in [-0.25, -0.2) is 14.2 Å². The number of ether oxygens (including phenoxy) is 2. The van der Waals surface area contributed by atoms with E-state index >= 15 is 0 Å². The number of nitrogens with zero attached hydrogens (tertiary/aromatic N) is 2. The molecule has 2 heterocycles. The average Bonchev–Trinajstić information content (AvgIpc) is 3.31. The van der Waals surface area contributed by atoms with Gasteiger partial charge in [-0.05, 0) is 55.8 Å². The van der Waals surface area contributed by atoms with Crippen LogP contribution in [-0.4, -0.2) is 36.9 Å². The molecule has 0 saturated carbocycles. The highest BCUT2D eigenvalue weighted by Gasteiger charge is 2.42. The summed E-state index contributed by atoms with van der Waals surface area (Å²) in [6, 6.07) is 13.6. The number of anilines is 2. The molecular weight excluding hydrogens is 469 g/mol. The van der Waals surface area contributed by atoms with E-state index in [9.17, 15) is 14.0 Å². The van der Waals surface area contributed by atoms with Crippen LogP contribution in [0.25, 0.3) is 11.3 Å². The number of carbonyl (C=O) groups excluding carboxylic acids is 2. The molecule has 0 fully saturated rings. The van der Waals surface area contributed by atoms with Crippen molar-refractivity contribution >= 4 is 39.8 Å². The van der Waals surface area contributed by atoms with Gasteiger partial charge in [-0.3, -0.25) is 9.79 Å². The molecule has 3 aromatic rings. The molecule has 0 bridgehead atoms. The molecule has 2 atom stereocenters. The fourth-order valence-electron chi connectivity index (χ4n) is 4.22. The van der Waals surface area contributed by atoms with E-state index < -0.39 is 23.8 Å². The maximum Gasteiger partial charge on any atom is 0.336 e. The van der Waals surface area contributed by atoms with Crippen LogP contribution in [-0.2, 0) is 19.1 Å². The van der Waals surface area contributed by atoms with Gasteiger partial charge in [-0.2, -0.15) is 0 Å². The third-order valence-electron chi connectivity index (χ3n) is 5.83. The standard InChI is InChI=1S/C26H24FN3O4S/c1-14-21(24(31)33-3)23(22(15(2)28-14)25(32)34-4)17-6-5-7-19(12-17)29-26-30-20(13-35-26)16-8-10-18(27)11-9-16/h5-13,21,23H,1-4H3,(H,29,30). The van der Waals surface area contributed by atoms with Gasteiger partial charge in [-0.1, -0.05) is 12.1 Å². The molecule has 1 N–H and O–H groups in total. The maximum absolute atomic E-state index is 13.2. The zero-order chi connectivity index (χ0) is 25.1. The molecule has 4 rings (SSSR count). The van der Waals surface area contributed by atoms with Gasteiger partial charge in [0.2, 0.25) is 0 Å². The lowest BCUT2D eigenvalue weighted by Crippen LogP contribution is -2.36. The quantitative estimate of drug-likeness (QED) is 0.457. The Morgan fingerprint density at radius 2 is 1.80 bits per heavy atom. The predicted octanol–water partition coefficient (Wildman–Crippen LogP) is 5.49. The number of thiazole rings is 1. The number of carbonyl (C=O) groups is 2. The Kier molecular flexibility index (Phi) is 7.07. The predicted molar refractivity (Wildman–Crippen MR) is 133 cm³/mol. The fraction of sp³-hybridized carbons (Fsp3) is 0.231. The molecule has 0 radical (unpaired) electrons. The van der Waals surface area contributed by atoms with Crippen LogP contribution < -0.4 is 5.32 Å². The summed E-state index contributed by atoms with van der Waals surface area (Å²) in [6.45, 7) is 3.48. The average molecular weight is 494 g/mol. The van der Waals surface area contributed by atoms with Crippen LogP contribution in [0.15, 0.2) is 70.2 Å². The van der Waals surface area contributed by atoms with Gasteiger partial charge >= 0.3 is 11.9 Å². The van der Waals surface area contributed by atoms with Crippen LogP contribution in [0.3, 0.4) is 0 Å². The summed E-state index contributed by atoms with van der Waals surface area (Å²) in [5.41, 5.74) is 4.38. The summed E-state index contributed by atoms with van der Waals surface area (Å²) in [6.07, 6.45) is 0. The molecule has 1 aromatic heterocycles. The highest BCUT2D eigenvalue weighted by molar-refractivity contribution is 7.14. The van der Waals surface area contributed by atoms with E-state index in [1.54, 1.807) is 26.0 Å². The zero-order valence-corrected chi connectivity index (χ0v) is 20.5. The molecule has 35 heavy (non-hydrogen) atoms. The molecule has 180 valence electrons. The maximum atomic E-state index is 13.2. The minimum Gasteiger partial charge on any atom is -0.468 e. The number of aromatic nitrogens is 1. The van der Waals surface area contributed by atoms with Crippen LogP contribution in [0.1, 0.15) is 25.3 Å². The van der Waals surface area contributed by atoms with E-state index in [0.29, 0.717) is 22.1 Å². The van der Waals surface area contributed by atoms with Crippen molar-refractivity contribution in [3.8, 4) is 11.3 Å². The highest BCUT2D eigenvalue weighted by atomic mass is 32.1. The summed E-state index contributed by atoms with van der Waals surface area (Å²) in [5, 5.41) is 5.81. The van der Waals surface area contributed by atoms with Gasteiger partial charge in [0.25, 0.3) is 0 Å². The first-order valence-corrected chi connectivity index (χ1v) is 11.7. The van der Waals surface area contributed by atoms with Crippen LogP contribution in [0.5, 0.6) is 0 Å². The largest absolute Gasteiger partial charge is 0.468 e. The Balaban J connectivity index is 1.68. The lowest BCUT2D eigenvalue weighted by molar-refractivity contribution is -0.143. The first-order valence-electron chi connectivity index (χ1n) is 10.8. The van der Waals surface area contributed by atoms with Crippen molar-refractivity contribution in [2.45, 2.75) is 19.8 Å². The third-order valence-corrected chi connectivity index (χ3v) is 6.59. The third kappa shape index (κ3) is 5.00. The molecule has 1 aliphatic rings. The molecular formula is C26H24FN3O4S. The number of hydrogen-bond acceptors (Lipinski definition) is 8. The van der Waals surface area contributed by atoms with Crippen molar-refractivity contribution in [1.29, 1.82) is 0 Å². The first kappa shape index (κ1) is 24.3. The van der Waals surface area contributed by atoms with E-state index in [2.05, 4.69) is 15.3 Å². The van der Waals surface area contributed by atoms with Gasteiger partial charge in [0.1, 0.15) is 11.7 Å². The van der Waals surface area contributed by atoms with Gasteiger partial charge in [-0.15, -0.1) is 11.3 Å². The number of esters is 2. The normalized spacial score (nSPS) is 17.6. The van der Waals surface area contributed by atoms with Crippen molar-refractivity contribution in [3.63, 3.8) is 0 Å². The van der Waals surface area contributed by atoms with E-state index in [4.69, 9.17) is 9.47 Å². The topological polar surface area (TPSA) is 89.9 Å². The first-order chi connectivity index (χ1) is 16.8. The minimum absolute atomic E-state index is 0.303. The molecule has 7 nitrogen and oxygen atoms in total. The van der Waals surface area contributed by atoms with E-state index in [1.807, 2.05) is 29.6 Å². The number of methoxy groups -OCH3 is 2. The SMILES string of the molecule is COC(=O)C1=C(C)N=C(C)C(C(=O)OC)C1c1cccc(Nc2nc(-c3ccc(F)cc3)cs2)c1. The molecule has 1 aliphatic heterocycles. The van der Waals surface area contributed by atoms with E-state index in [-0.39, 0.29) is 5.82 Å². The molecule has 9 heteroatoms. The zero-order valence-electron chi connectivity index (χ0n) is 19.7. The van der Waals surface area contributed by atoms with Crippen molar-refractivity contribution in [2.75, 3.05) is 19.5 Å². The fourth-order valence-corrected chi connectivity index (χ4v) is 4.96. The number of hydrogen-bond donors (Lipinski definition) is 1. The van der Waals surface area contributed by atoms with Crippen LogP contribution in [0.2, 0.25) is 0 Å². The van der Waals surface area contributed by atoms with E-state index in [1.165, 1.54) is 37.7 Å². The van der Waals surface area contributed by atoms with Crippen molar-refractivity contribution in [1.82, 2.24) is 4.98 Å². The lowest BCUT2D eigenvalue weighted by atomic mass is 9.75. The van der Waals surface area contributed by atoms with Gasteiger partial charge in [0.15, 0.2) is 5.13 Å². The van der Waals surface area contributed by atoms with Crippen LogP contribution >= 0.6 is 11.3 Å². The van der Waals surface area contributed by atoms with Gasteiger partial charge in [0, 0.05) is 34.0 Å². The summed E-state index contributed by atoms with van der Waals surface area (Å²) in [4.78, 5) is 34.5. The Morgan fingerprint density at radius 3 is 2.49 bits per heavy atom. The Hall–Kier alpha value is -3.85. The second-order valence-electron chi connectivity index (χ2n) is 8.02. The van der Waals surface area contributed by atoms with Gasteiger partial charge < -0.3 is 14.8 Å². The number of nitrogens with one attached hydrogen (secondary N) is 1. The van der Waals surface area contributed by atoms with Crippen molar-refractivity contribution < 1.29 is 23.5 Å². The van der Waals surface area contributed by atoms with Crippen LogP contribution in [0, 0.1) is 11.7 Å². The molecule has 0 amide bonds.